The summed E-state index contributed by atoms with van der Waals surface area (Å²) in [5.74, 6) is -0.235. The molecule has 0 aliphatic heterocycles. The van der Waals surface area contributed by atoms with Gasteiger partial charge in [-0.2, -0.15) is 5.10 Å². The maximum absolute atomic E-state index is 12.4. The van der Waals surface area contributed by atoms with Crippen LogP contribution in [0.2, 0.25) is 0 Å². The first kappa shape index (κ1) is 18.6. The summed E-state index contributed by atoms with van der Waals surface area (Å²) < 4.78 is 3.69. The van der Waals surface area contributed by atoms with Gasteiger partial charge in [0, 0.05) is 20.6 Å². The van der Waals surface area contributed by atoms with Crippen LogP contribution in [0.4, 0.5) is 0 Å². The molecule has 8 heteroatoms. The zero-order valence-corrected chi connectivity index (χ0v) is 15.7. The highest BCUT2D eigenvalue weighted by atomic mass is 16.2. The molecule has 1 amide bonds. The molecule has 0 saturated heterocycles. The van der Waals surface area contributed by atoms with E-state index in [4.69, 9.17) is 0 Å². The van der Waals surface area contributed by atoms with Crippen LogP contribution >= 0.6 is 0 Å². The summed E-state index contributed by atoms with van der Waals surface area (Å²) in [4.78, 5) is 36.6. The average molecular weight is 369 g/mol. The Kier molecular flexibility index (Phi) is 5.25. The predicted octanol–water partition coefficient (Wildman–Crippen LogP) is 0.355. The molecule has 0 bridgehead atoms. The van der Waals surface area contributed by atoms with Crippen LogP contribution in [0.3, 0.4) is 0 Å². The molecule has 0 spiro atoms. The molecular formula is C19H23N5O3. The number of carbonyl (C=O) groups excluding carboxylic acids is 1. The molecule has 0 aliphatic rings. The molecule has 142 valence electrons. The maximum Gasteiger partial charge on any atom is 0.331 e. The number of fused-ring (bicyclic) bond motifs is 1. The minimum atomic E-state index is -0.464. The molecule has 3 aromatic rings. The zero-order valence-electron chi connectivity index (χ0n) is 15.7. The van der Waals surface area contributed by atoms with Crippen LogP contribution in [0.25, 0.3) is 11.0 Å². The summed E-state index contributed by atoms with van der Waals surface area (Å²) in [6.07, 6.45) is 3.16. The van der Waals surface area contributed by atoms with Crippen molar-refractivity contribution in [2.45, 2.75) is 26.3 Å². The Labute approximate surface area is 156 Å². The highest BCUT2D eigenvalue weighted by Gasteiger charge is 2.15. The van der Waals surface area contributed by atoms with E-state index in [-0.39, 0.29) is 18.0 Å². The van der Waals surface area contributed by atoms with E-state index in [1.54, 1.807) is 7.05 Å². The number of hydrogen-bond acceptors (Lipinski definition) is 4. The van der Waals surface area contributed by atoms with Crippen molar-refractivity contribution in [2.24, 2.45) is 14.1 Å². The molecule has 2 heterocycles. The number of nitrogens with zero attached hydrogens (tertiary/aromatic N) is 4. The van der Waals surface area contributed by atoms with Gasteiger partial charge in [0.05, 0.1) is 11.7 Å². The minimum Gasteiger partial charge on any atom is -0.354 e. The van der Waals surface area contributed by atoms with Crippen molar-refractivity contribution in [3.63, 3.8) is 0 Å². The van der Waals surface area contributed by atoms with Gasteiger partial charge in [0.2, 0.25) is 5.91 Å². The molecule has 3 rings (SSSR count). The molecule has 0 fully saturated rings. The Bertz CT molecular complexity index is 1090. The van der Waals surface area contributed by atoms with Gasteiger partial charge in [-0.15, -0.1) is 0 Å². The Morgan fingerprint density at radius 2 is 1.74 bits per heavy atom. The highest BCUT2D eigenvalue weighted by molar-refractivity contribution is 5.79. The van der Waals surface area contributed by atoms with E-state index in [0.29, 0.717) is 12.1 Å². The van der Waals surface area contributed by atoms with Crippen LogP contribution in [-0.4, -0.2) is 31.4 Å². The van der Waals surface area contributed by atoms with Gasteiger partial charge in [-0.1, -0.05) is 31.2 Å². The van der Waals surface area contributed by atoms with E-state index in [1.807, 2.05) is 0 Å². The number of benzene rings is 1. The second-order valence-corrected chi connectivity index (χ2v) is 6.51. The molecule has 2 aromatic heterocycles. The first-order chi connectivity index (χ1) is 12.9. The lowest BCUT2D eigenvalue weighted by Crippen LogP contribution is -2.38. The predicted molar refractivity (Wildman–Crippen MR) is 103 cm³/mol. The number of hydrogen-bond donors (Lipinski definition) is 1. The van der Waals surface area contributed by atoms with Crippen molar-refractivity contribution in [3.8, 4) is 0 Å². The van der Waals surface area contributed by atoms with Gasteiger partial charge < -0.3 is 5.32 Å². The van der Waals surface area contributed by atoms with E-state index in [2.05, 4.69) is 41.6 Å². The Hall–Kier alpha value is -3.16. The number of rotatable bonds is 6. The van der Waals surface area contributed by atoms with Gasteiger partial charge in [0.15, 0.2) is 5.52 Å². The van der Waals surface area contributed by atoms with Gasteiger partial charge in [-0.05, 0) is 24.0 Å². The normalized spacial score (nSPS) is 11.1. The number of carbonyl (C=O) groups is 1. The van der Waals surface area contributed by atoms with Crippen LogP contribution in [0.5, 0.6) is 0 Å². The number of amides is 1. The molecule has 8 nitrogen and oxygen atoms in total. The standard InChI is InChI=1S/C19H23N5O3/c1-4-13-5-7-14(8-6-13)9-10-20-16(25)12-24-17-15(11-21-24)22(2)19(27)23(3)18(17)26/h5-8,11H,4,9-10,12H2,1-3H3,(H,20,25). The van der Waals surface area contributed by atoms with Crippen molar-refractivity contribution in [2.75, 3.05) is 6.54 Å². The van der Waals surface area contributed by atoms with Crippen LogP contribution < -0.4 is 16.6 Å². The molecule has 0 saturated carbocycles. The van der Waals surface area contributed by atoms with Gasteiger partial charge in [0.1, 0.15) is 6.54 Å². The smallest absolute Gasteiger partial charge is 0.331 e. The lowest BCUT2D eigenvalue weighted by molar-refractivity contribution is -0.121. The molecule has 1 N–H and O–H groups in total. The number of aryl methyl sites for hydroxylation is 2. The third kappa shape index (κ3) is 3.69. The highest BCUT2D eigenvalue weighted by Crippen LogP contribution is 2.07. The quantitative estimate of drug-likeness (QED) is 0.679. The largest absolute Gasteiger partial charge is 0.354 e. The maximum atomic E-state index is 12.4. The lowest BCUT2D eigenvalue weighted by atomic mass is 10.1. The molecule has 0 radical (unpaired) electrons. The summed E-state index contributed by atoms with van der Waals surface area (Å²) in [5.41, 5.74) is 2.20. The molecule has 0 aliphatic carbocycles. The first-order valence-corrected chi connectivity index (χ1v) is 8.88. The summed E-state index contributed by atoms with van der Waals surface area (Å²) >= 11 is 0. The molecular weight excluding hydrogens is 346 g/mol. The van der Waals surface area contributed by atoms with Crippen LogP contribution in [0.15, 0.2) is 40.1 Å². The van der Waals surface area contributed by atoms with Gasteiger partial charge in [0.25, 0.3) is 5.56 Å². The van der Waals surface area contributed by atoms with E-state index >= 15 is 0 Å². The molecule has 1 aromatic carbocycles. The Morgan fingerprint density at radius 1 is 1.07 bits per heavy atom. The third-order valence-corrected chi connectivity index (χ3v) is 4.72. The van der Waals surface area contributed by atoms with Crippen molar-refractivity contribution >= 4 is 16.9 Å². The summed E-state index contributed by atoms with van der Waals surface area (Å²) in [6.45, 7) is 2.53. The Morgan fingerprint density at radius 3 is 2.41 bits per heavy atom. The monoisotopic (exact) mass is 369 g/mol. The fourth-order valence-electron chi connectivity index (χ4n) is 3.01. The van der Waals surface area contributed by atoms with Crippen molar-refractivity contribution < 1.29 is 4.79 Å². The van der Waals surface area contributed by atoms with E-state index in [0.717, 1.165) is 23.0 Å². The van der Waals surface area contributed by atoms with E-state index in [1.165, 1.54) is 28.1 Å². The minimum absolute atomic E-state index is 0.0777. The molecule has 27 heavy (non-hydrogen) atoms. The van der Waals surface area contributed by atoms with Gasteiger partial charge in [-0.3, -0.25) is 18.7 Å². The Balaban J connectivity index is 1.67. The summed E-state index contributed by atoms with van der Waals surface area (Å²) in [5, 5.41) is 6.95. The van der Waals surface area contributed by atoms with Crippen LogP contribution in [0, 0.1) is 0 Å². The van der Waals surface area contributed by atoms with Crippen molar-refractivity contribution in [1.82, 2.24) is 24.2 Å². The number of aromatic nitrogens is 4. The van der Waals surface area contributed by atoms with Crippen LogP contribution in [0.1, 0.15) is 18.1 Å². The second kappa shape index (κ2) is 7.61. The van der Waals surface area contributed by atoms with Gasteiger partial charge >= 0.3 is 5.69 Å². The van der Waals surface area contributed by atoms with Gasteiger partial charge in [-0.25, -0.2) is 9.48 Å². The summed E-state index contributed by atoms with van der Waals surface area (Å²) in [7, 11) is 2.98. The van der Waals surface area contributed by atoms with Crippen molar-refractivity contribution in [3.05, 3.63) is 62.4 Å². The third-order valence-electron chi connectivity index (χ3n) is 4.72. The summed E-state index contributed by atoms with van der Waals surface area (Å²) in [6, 6.07) is 8.31. The molecule has 0 unspecified atom stereocenters. The zero-order chi connectivity index (χ0) is 19.6. The lowest BCUT2D eigenvalue weighted by Gasteiger charge is -2.08. The van der Waals surface area contributed by atoms with Crippen LogP contribution in [-0.2, 0) is 38.3 Å². The second-order valence-electron chi connectivity index (χ2n) is 6.51. The number of nitrogens with one attached hydrogen (secondary N) is 1. The average Bonchev–Trinajstić information content (AvgIpc) is 3.08. The van der Waals surface area contributed by atoms with E-state index < -0.39 is 11.2 Å². The fraction of sp³-hybridized carbons (Fsp3) is 0.368. The fourth-order valence-corrected chi connectivity index (χ4v) is 3.01. The SMILES string of the molecule is CCc1ccc(CCNC(=O)Cn2ncc3c2c(=O)n(C)c(=O)n3C)cc1. The van der Waals surface area contributed by atoms with E-state index in [9.17, 15) is 14.4 Å². The molecule has 0 atom stereocenters. The van der Waals surface area contributed by atoms with Crippen molar-refractivity contribution in [1.29, 1.82) is 0 Å². The topological polar surface area (TPSA) is 90.9 Å². The first-order valence-electron chi connectivity index (χ1n) is 8.88.